The van der Waals surface area contributed by atoms with Crippen molar-refractivity contribution in [2.45, 2.75) is 0 Å². The molecule has 7 aromatic carbocycles. The van der Waals surface area contributed by atoms with E-state index in [0.29, 0.717) is 11.4 Å². The summed E-state index contributed by atoms with van der Waals surface area (Å²) in [5, 5.41) is 14.2. The van der Waals surface area contributed by atoms with Gasteiger partial charge in [-0.3, -0.25) is 0 Å². The molecule has 0 atom stereocenters. The van der Waals surface area contributed by atoms with Crippen LogP contribution in [0.1, 0.15) is 5.56 Å². The first-order chi connectivity index (χ1) is 25.7. The molecule has 0 saturated carbocycles. The Hall–Kier alpha value is -7.29. The maximum atomic E-state index is 9.40. The van der Waals surface area contributed by atoms with Crippen LogP contribution in [0.5, 0.6) is 0 Å². The summed E-state index contributed by atoms with van der Waals surface area (Å²) in [4.78, 5) is 10.1. The van der Waals surface area contributed by atoms with Crippen molar-refractivity contribution in [3.63, 3.8) is 0 Å². The zero-order valence-corrected chi connectivity index (χ0v) is 28.0. The third kappa shape index (κ3) is 4.70. The zero-order chi connectivity index (χ0) is 34.6. The molecule has 242 valence electrons. The Morgan fingerprint density at radius 1 is 0.423 bits per heavy atom. The molecule has 3 aromatic heterocycles. The number of rotatable bonds is 5. The van der Waals surface area contributed by atoms with Gasteiger partial charge in [0, 0.05) is 49.6 Å². The molecular weight excluding hydrogens is 635 g/mol. The van der Waals surface area contributed by atoms with E-state index < -0.39 is 0 Å². The molecule has 3 heterocycles. The van der Waals surface area contributed by atoms with Gasteiger partial charge in [-0.25, -0.2) is 9.97 Å². The Morgan fingerprint density at radius 2 is 1.04 bits per heavy atom. The molecule has 0 fully saturated rings. The molecule has 0 saturated heterocycles. The molecule has 0 bridgehead atoms. The lowest BCUT2D eigenvalue weighted by molar-refractivity contribution is 1.16. The van der Waals surface area contributed by atoms with Gasteiger partial charge >= 0.3 is 0 Å². The minimum atomic E-state index is 0.600. The second kappa shape index (κ2) is 11.9. The summed E-state index contributed by atoms with van der Waals surface area (Å²) in [6, 6.07) is 63.1. The van der Waals surface area contributed by atoms with Gasteiger partial charge in [0.05, 0.1) is 45.1 Å². The van der Waals surface area contributed by atoms with Crippen LogP contribution in [-0.2, 0) is 0 Å². The Labute approximate surface area is 299 Å². The van der Waals surface area contributed by atoms with E-state index in [2.05, 4.69) is 149 Å². The van der Waals surface area contributed by atoms with Crippen molar-refractivity contribution in [2.24, 2.45) is 0 Å². The van der Waals surface area contributed by atoms with Gasteiger partial charge in [-0.2, -0.15) is 5.26 Å². The number of aromatic nitrogens is 4. The summed E-state index contributed by atoms with van der Waals surface area (Å²) in [7, 11) is 0. The number of benzene rings is 7. The van der Waals surface area contributed by atoms with E-state index in [1.165, 1.54) is 32.6 Å². The van der Waals surface area contributed by atoms with E-state index in [0.717, 1.165) is 50.5 Å². The van der Waals surface area contributed by atoms with E-state index in [9.17, 15) is 5.26 Å². The summed E-state index contributed by atoms with van der Waals surface area (Å²) in [5.41, 5.74) is 11.9. The molecule has 5 nitrogen and oxygen atoms in total. The molecule has 52 heavy (non-hydrogen) atoms. The summed E-state index contributed by atoms with van der Waals surface area (Å²) in [6.07, 6.45) is 0. The lowest BCUT2D eigenvalue weighted by Crippen LogP contribution is -1.98. The number of fused-ring (bicyclic) bond motifs is 7. The molecule has 0 spiro atoms. The van der Waals surface area contributed by atoms with Gasteiger partial charge in [-0.15, -0.1) is 0 Å². The van der Waals surface area contributed by atoms with E-state index in [1.54, 1.807) is 0 Å². The number of nitrogens with zero attached hydrogens (tertiary/aromatic N) is 5. The van der Waals surface area contributed by atoms with Crippen LogP contribution in [0.15, 0.2) is 176 Å². The van der Waals surface area contributed by atoms with Crippen molar-refractivity contribution in [2.75, 3.05) is 0 Å². The highest BCUT2D eigenvalue weighted by molar-refractivity contribution is 6.26. The fourth-order valence-electron chi connectivity index (χ4n) is 7.61. The average Bonchev–Trinajstić information content (AvgIpc) is 3.74. The molecule has 0 unspecified atom stereocenters. The van der Waals surface area contributed by atoms with E-state index in [-0.39, 0.29) is 0 Å². The van der Waals surface area contributed by atoms with Crippen LogP contribution in [0.4, 0.5) is 0 Å². The summed E-state index contributed by atoms with van der Waals surface area (Å²) < 4.78 is 4.79. The van der Waals surface area contributed by atoms with E-state index in [1.807, 2.05) is 42.5 Å². The van der Waals surface area contributed by atoms with Crippen LogP contribution >= 0.6 is 0 Å². The van der Waals surface area contributed by atoms with Gasteiger partial charge in [-0.05, 0) is 72.8 Å². The second-order valence-electron chi connectivity index (χ2n) is 13.0. The lowest BCUT2D eigenvalue weighted by atomic mass is 10.1. The first-order valence-electron chi connectivity index (χ1n) is 17.3. The summed E-state index contributed by atoms with van der Waals surface area (Å²) in [5.74, 6) is 0.610. The zero-order valence-electron chi connectivity index (χ0n) is 28.0. The Bertz CT molecular complexity index is 3000. The van der Waals surface area contributed by atoms with Crippen molar-refractivity contribution in [1.29, 1.82) is 5.26 Å². The van der Waals surface area contributed by atoms with Crippen molar-refractivity contribution in [1.82, 2.24) is 19.1 Å². The molecule has 0 aliphatic heterocycles. The molecule has 0 aliphatic carbocycles. The number of para-hydroxylation sites is 3. The largest absolute Gasteiger partial charge is 0.309 e. The van der Waals surface area contributed by atoms with Crippen molar-refractivity contribution in [3.05, 3.63) is 181 Å². The van der Waals surface area contributed by atoms with Crippen LogP contribution in [0.2, 0.25) is 0 Å². The van der Waals surface area contributed by atoms with Gasteiger partial charge in [0.2, 0.25) is 0 Å². The lowest BCUT2D eigenvalue weighted by Gasteiger charge is -2.13. The first-order valence-corrected chi connectivity index (χ1v) is 17.3. The second-order valence-corrected chi connectivity index (χ2v) is 13.0. The van der Waals surface area contributed by atoms with Gasteiger partial charge in [-0.1, -0.05) is 103 Å². The number of hydrogen-bond donors (Lipinski definition) is 0. The smallest absolute Gasteiger partial charge is 0.160 e. The first kappa shape index (κ1) is 29.6. The fourth-order valence-corrected chi connectivity index (χ4v) is 7.61. The third-order valence-electron chi connectivity index (χ3n) is 9.95. The maximum absolute atomic E-state index is 9.40. The van der Waals surface area contributed by atoms with Crippen molar-refractivity contribution in [3.8, 4) is 51.3 Å². The van der Waals surface area contributed by atoms with E-state index in [4.69, 9.17) is 9.97 Å². The Balaban J connectivity index is 1.24. The minimum Gasteiger partial charge on any atom is -0.309 e. The van der Waals surface area contributed by atoms with Crippen LogP contribution in [0, 0.1) is 11.3 Å². The van der Waals surface area contributed by atoms with Crippen LogP contribution < -0.4 is 0 Å². The van der Waals surface area contributed by atoms with Gasteiger partial charge in [0.25, 0.3) is 0 Å². The molecule has 0 aliphatic rings. The standard InChI is InChI=1S/C47H29N5/c48-30-31-22-24-33(25-23-31)47-49-40(32-12-3-1-4-13-32)29-41(50-47)34-14-11-17-36(28-34)52-42-20-9-7-18-37(42)38-26-27-44-45(46(38)52)39-19-8-10-21-43(39)51(44)35-15-5-2-6-16-35/h1-29H. The number of hydrogen-bond acceptors (Lipinski definition) is 3. The van der Waals surface area contributed by atoms with Gasteiger partial charge < -0.3 is 9.13 Å². The SMILES string of the molecule is N#Cc1ccc(-c2nc(-c3ccccc3)cc(-c3cccc(-n4c5ccccc5c5ccc6c(c7ccccc7n6-c6ccccc6)c54)c3)n2)cc1. The molecule has 10 rings (SSSR count). The Kier molecular flexibility index (Phi) is 6.80. The normalized spacial score (nSPS) is 11.4. The number of nitriles is 1. The molecule has 5 heteroatoms. The predicted molar refractivity (Wildman–Crippen MR) is 212 cm³/mol. The topological polar surface area (TPSA) is 59.4 Å². The molecule has 10 aromatic rings. The quantitative estimate of drug-likeness (QED) is 0.184. The average molecular weight is 664 g/mol. The molecule has 0 amide bonds. The fraction of sp³-hybridized carbons (Fsp3) is 0. The molecule has 0 N–H and O–H groups in total. The molecule has 0 radical (unpaired) electrons. The summed E-state index contributed by atoms with van der Waals surface area (Å²) in [6.45, 7) is 0. The predicted octanol–water partition coefficient (Wildman–Crippen LogP) is 11.5. The monoisotopic (exact) mass is 663 g/mol. The molecular formula is C47H29N5. The van der Waals surface area contributed by atoms with Gasteiger partial charge in [0.1, 0.15) is 0 Å². The summed E-state index contributed by atoms with van der Waals surface area (Å²) >= 11 is 0. The van der Waals surface area contributed by atoms with Crippen molar-refractivity contribution < 1.29 is 0 Å². The highest BCUT2D eigenvalue weighted by atomic mass is 15.0. The van der Waals surface area contributed by atoms with E-state index >= 15 is 0 Å². The maximum Gasteiger partial charge on any atom is 0.160 e. The van der Waals surface area contributed by atoms with Crippen LogP contribution in [-0.4, -0.2) is 19.1 Å². The Morgan fingerprint density at radius 3 is 1.79 bits per heavy atom. The third-order valence-corrected chi connectivity index (χ3v) is 9.95. The van der Waals surface area contributed by atoms with Crippen LogP contribution in [0.3, 0.4) is 0 Å². The van der Waals surface area contributed by atoms with Crippen LogP contribution in [0.25, 0.3) is 88.9 Å². The van der Waals surface area contributed by atoms with Gasteiger partial charge in [0.15, 0.2) is 5.82 Å². The highest BCUT2D eigenvalue weighted by Gasteiger charge is 2.21. The van der Waals surface area contributed by atoms with Crippen molar-refractivity contribution >= 4 is 43.6 Å². The highest BCUT2D eigenvalue weighted by Crippen LogP contribution is 2.42. The minimum absolute atomic E-state index is 0.600.